The van der Waals surface area contributed by atoms with E-state index >= 15 is 0 Å². The molecule has 2 saturated carbocycles. The Kier molecular flexibility index (Phi) is 2.12. The number of fused-ring (bicyclic) bond motifs is 1. The molecule has 0 saturated heterocycles. The maximum atomic E-state index is 11.5. The van der Waals surface area contributed by atoms with Gasteiger partial charge in [0.25, 0.3) is 0 Å². The molecule has 0 N–H and O–H groups in total. The molecule has 2 aliphatic carbocycles. The molecule has 0 heterocycles. The molecule has 0 aliphatic heterocycles. The van der Waals surface area contributed by atoms with Crippen LogP contribution in [0, 0.1) is 11.8 Å². The molecule has 0 radical (unpaired) electrons. The molecule has 0 aromatic carbocycles. The van der Waals surface area contributed by atoms with Crippen LogP contribution < -0.4 is 0 Å². The van der Waals surface area contributed by atoms with Crippen LogP contribution in [0.15, 0.2) is 0 Å². The topological polar surface area (TPSA) is 17.1 Å². The molecule has 0 aromatic heterocycles. The summed E-state index contributed by atoms with van der Waals surface area (Å²) in [4.78, 5) is 11.5. The van der Waals surface area contributed by atoms with Gasteiger partial charge in [-0.15, -0.1) is 23.2 Å². The quantitative estimate of drug-likeness (QED) is 0.558. The molecule has 12 heavy (non-hydrogen) atoms. The van der Waals surface area contributed by atoms with Crippen molar-refractivity contribution in [1.29, 1.82) is 0 Å². The lowest BCUT2D eigenvalue weighted by molar-refractivity contribution is -0.120. The summed E-state index contributed by atoms with van der Waals surface area (Å²) in [5.41, 5.74) is 0. The second-order valence-electron chi connectivity index (χ2n) is 3.82. The average Bonchev–Trinajstić information content (AvgIpc) is 2.46. The van der Waals surface area contributed by atoms with Gasteiger partial charge in [-0.05, 0) is 12.8 Å². The smallest absolute Gasteiger partial charge is 0.139 e. The van der Waals surface area contributed by atoms with Gasteiger partial charge in [-0.1, -0.05) is 12.8 Å². The maximum absolute atomic E-state index is 11.5. The third-order valence-corrected chi connectivity index (χ3v) is 4.02. The zero-order chi connectivity index (χ0) is 8.77. The first-order chi connectivity index (χ1) is 5.64. The molecule has 2 atom stereocenters. The van der Waals surface area contributed by atoms with Gasteiger partial charge in [0, 0.05) is 12.3 Å². The van der Waals surface area contributed by atoms with Crippen molar-refractivity contribution in [3.05, 3.63) is 0 Å². The van der Waals surface area contributed by atoms with Gasteiger partial charge in [0.15, 0.2) is 0 Å². The van der Waals surface area contributed by atoms with Crippen molar-refractivity contribution in [2.45, 2.75) is 36.4 Å². The Hall–Kier alpha value is 0.250. The van der Waals surface area contributed by atoms with E-state index in [4.69, 9.17) is 23.2 Å². The van der Waals surface area contributed by atoms with E-state index in [-0.39, 0.29) is 17.6 Å². The highest BCUT2D eigenvalue weighted by Crippen LogP contribution is 2.62. The Morgan fingerprint density at radius 3 is 2.75 bits per heavy atom. The van der Waals surface area contributed by atoms with Crippen molar-refractivity contribution in [3.63, 3.8) is 0 Å². The zero-order valence-corrected chi connectivity index (χ0v) is 8.37. The van der Waals surface area contributed by atoms with E-state index in [1.165, 1.54) is 6.42 Å². The van der Waals surface area contributed by atoms with Gasteiger partial charge in [0.2, 0.25) is 0 Å². The summed E-state index contributed by atoms with van der Waals surface area (Å²) in [5, 5.41) is 0. The fourth-order valence-corrected chi connectivity index (χ4v) is 3.08. The lowest BCUT2D eigenvalue weighted by Gasteiger charge is -2.04. The first kappa shape index (κ1) is 8.83. The van der Waals surface area contributed by atoms with E-state index < -0.39 is 4.33 Å². The summed E-state index contributed by atoms with van der Waals surface area (Å²) in [6.07, 6.45) is 5.06. The second-order valence-corrected chi connectivity index (χ2v) is 5.27. The molecule has 0 amide bonds. The first-order valence-electron chi connectivity index (χ1n) is 4.54. The summed E-state index contributed by atoms with van der Waals surface area (Å²) in [6, 6.07) is 0. The van der Waals surface area contributed by atoms with Crippen LogP contribution in [0.25, 0.3) is 0 Å². The molecule has 0 unspecified atom stereocenters. The number of alkyl halides is 2. The van der Waals surface area contributed by atoms with Crippen molar-refractivity contribution < 1.29 is 4.79 Å². The van der Waals surface area contributed by atoms with Gasteiger partial charge in [-0.2, -0.15) is 0 Å². The van der Waals surface area contributed by atoms with E-state index in [9.17, 15) is 4.79 Å². The summed E-state index contributed by atoms with van der Waals surface area (Å²) in [7, 11) is 0. The highest BCUT2D eigenvalue weighted by molar-refractivity contribution is 6.52. The maximum Gasteiger partial charge on any atom is 0.139 e. The number of carbonyl (C=O) groups is 1. The summed E-state index contributed by atoms with van der Waals surface area (Å²) < 4.78 is -0.707. The molecule has 68 valence electrons. The molecular formula is C9H12Cl2O. The van der Waals surface area contributed by atoms with Crippen LogP contribution in [0.3, 0.4) is 0 Å². The monoisotopic (exact) mass is 206 g/mol. The Morgan fingerprint density at radius 1 is 1.25 bits per heavy atom. The molecule has 2 aliphatic rings. The third kappa shape index (κ3) is 1.27. The minimum absolute atomic E-state index is 0.0406. The fraction of sp³-hybridized carbons (Fsp3) is 0.889. The van der Waals surface area contributed by atoms with E-state index in [0.29, 0.717) is 6.42 Å². The van der Waals surface area contributed by atoms with E-state index in [1.54, 1.807) is 0 Å². The molecular weight excluding hydrogens is 195 g/mol. The normalized spacial score (nSPS) is 39.7. The van der Waals surface area contributed by atoms with Crippen molar-refractivity contribution in [2.75, 3.05) is 0 Å². The van der Waals surface area contributed by atoms with E-state index in [2.05, 4.69) is 0 Å². The number of hydrogen-bond acceptors (Lipinski definition) is 1. The van der Waals surface area contributed by atoms with Gasteiger partial charge in [-0.3, -0.25) is 4.79 Å². The minimum atomic E-state index is -0.707. The van der Waals surface area contributed by atoms with Crippen molar-refractivity contribution in [1.82, 2.24) is 0 Å². The molecule has 2 rings (SSSR count). The highest BCUT2D eigenvalue weighted by Gasteiger charge is 2.65. The SMILES string of the molecule is O=C1CCCCC[C@H]2[C@@H]1C2(Cl)Cl. The van der Waals surface area contributed by atoms with Gasteiger partial charge in [-0.25, -0.2) is 0 Å². The molecule has 1 nitrogen and oxygen atoms in total. The lowest BCUT2D eigenvalue weighted by atomic mass is 10.0. The van der Waals surface area contributed by atoms with Gasteiger partial charge >= 0.3 is 0 Å². The number of rotatable bonds is 0. The number of halogens is 2. The largest absolute Gasteiger partial charge is 0.299 e. The predicted molar refractivity (Wildman–Crippen MR) is 49.5 cm³/mol. The third-order valence-electron chi connectivity index (χ3n) is 2.99. The van der Waals surface area contributed by atoms with Crippen molar-refractivity contribution in [2.24, 2.45) is 11.8 Å². The number of Topliss-reactive ketones (excluding diaryl/α,β-unsaturated/α-hetero) is 1. The lowest BCUT2D eigenvalue weighted by Crippen LogP contribution is -2.06. The number of carbonyl (C=O) groups excluding carboxylic acids is 1. The molecule has 0 bridgehead atoms. The van der Waals surface area contributed by atoms with Gasteiger partial charge in [0.05, 0.1) is 5.92 Å². The average molecular weight is 207 g/mol. The summed E-state index contributed by atoms with van der Waals surface area (Å²) >= 11 is 12.0. The Labute approximate surface area is 82.4 Å². The molecule has 0 spiro atoms. The first-order valence-corrected chi connectivity index (χ1v) is 5.30. The predicted octanol–water partition coefficient (Wildman–Crippen LogP) is 2.94. The molecule has 2 fully saturated rings. The highest BCUT2D eigenvalue weighted by atomic mass is 35.5. The van der Waals surface area contributed by atoms with Crippen LogP contribution in [0.5, 0.6) is 0 Å². The van der Waals surface area contributed by atoms with Crippen LogP contribution >= 0.6 is 23.2 Å². The molecule has 3 heteroatoms. The van der Waals surface area contributed by atoms with Crippen LogP contribution in [0.2, 0.25) is 0 Å². The zero-order valence-electron chi connectivity index (χ0n) is 6.85. The van der Waals surface area contributed by atoms with Gasteiger partial charge in [0.1, 0.15) is 10.1 Å². The minimum Gasteiger partial charge on any atom is -0.299 e. The Morgan fingerprint density at radius 2 is 2.00 bits per heavy atom. The van der Waals surface area contributed by atoms with E-state index in [0.717, 1.165) is 19.3 Å². The fourth-order valence-electron chi connectivity index (χ4n) is 2.18. The van der Waals surface area contributed by atoms with Gasteiger partial charge < -0.3 is 0 Å². The Balaban J connectivity index is 2.09. The standard InChI is InChI=1S/C9H12Cl2O/c10-9(11)6-4-2-1-3-5-7(12)8(6)9/h6,8H,1-5H2/t6-,8-/m0/s1. The van der Waals surface area contributed by atoms with Crippen LogP contribution in [-0.2, 0) is 4.79 Å². The van der Waals surface area contributed by atoms with Crippen molar-refractivity contribution >= 4 is 29.0 Å². The number of ketones is 1. The van der Waals surface area contributed by atoms with Crippen molar-refractivity contribution in [3.8, 4) is 0 Å². The molecule has 0 aromatic rings. The second kappa shape index (κ2) is 2.88. The Bertz CT molecular complexity index is 213. The van der Waals surface area contributed by atoms with Crippen LogP contribution in [-0.4, -0.2) is 10.1 Å². The van der Waals surface area contributed by atoms with Crippen LogP contribution in [0.1, 0.15) is 32.1 Å². The summed E-state index contributed by atoms with van der Waals surface area (Å²) in [6.45, 7) is 0. The van der Waals surface area contributed by atoms with Crippen LogP contribution in [0.4, 0.5) is 0 Å². The number of hydrogen-bond donors (Lipinski definition) is 0. The summed E-state index contributed by atoms with van der Waals surface area (Å²) in [5.74, 6) is 0.500. The van der Waals surface area contributed by atoms with E-state index in [1.807, 2.05) is 0 Å².